The second kappa shape index (κ2) is 12.5. The minimum Gasteiger partial charge on any atom is -0.392 e. The van der Waals surface area contributed by atoms with Crippen LogP contribution >= 0.6 is 0 Å². The van der Waals surface area contributed by atoms with Gasteiger partial charge in [-0.2, -0.15) is 0 Å². The zero-order valence-corrected chi connectivity index (χ0v) is 24.3. The maximum Gasteiger partial charge on any atom is 0.333 e. The van der Waals surface area contributed by atoms with Crippen LogP contribution in [0.3, 0.4) is 0 Å². The summed E-state index contributed by atoms with van der Waals surface area (Å²) in [5, 5.41) is 32.6. The summed E-state index contributed by atoms with van der Waals surface area (Å²) in [5.74, 6) is 3.00. The number of hydrogen-bond acceptors (Lipinski definition) is 6. The molecule has 3 N–H and O–H groups in total. The molecule has 1 saturated heterocycles. The van der Waals surface area contributed by atoms with Gasteiger partial charge in [-0.25, -0.2) is 4.79 Å². The van der Waals surface area contributed by atoms with E-state index in [1.165, 1.54) is 6.20 Å². The van der Waals surface area contributed by atoms with Crippen LogP contribution in [0.2, 0.25) is 18.1 Å². The van der Waals surface area contributed by atoms with Crippen LogP contribution in [-0.2, 0) is 17.7 Å². The monoisotopic (exact) mass is 562 g/mol. The highest BCUT2D eigenvalue weighted by Gasteiger charge is 2.54. The van der Waals surface area contributed by atoms with Crippen LogP contribution in [0.15, 0.2) is 76.4 Å². The van der Waals surface area contributed by atoms with Crippen LogP contribution in [0.5, 0.6) is 0 Å². The number of aliphatic hydroxyl groups is 3. The van der Waals surface area contributed by atoms with Crippen molar-refractivity contribution in [3.05, 3.63) is 104 Å². The van der Waals surface area contributed by atoms with Crippen LogP contribution in [0, 0.1) is 11.5 Å². The topological polar surface area (TPSA) is 114 Å². The lowest BCUT2D eigenvalue weighted by Crippen LogP contribution is -2.46. The standard InChI is InChI=1S/C31H38N2O6Si/c1-4-40(5-2,6-3)18-17-31(22-34)27(36)26(35)29(39-31)33-21-25(19-23-13-9-7-10-14-23)28(37)32(30(33)38)20-24-15-11-8-12-16-24/h7-16,21,26-27,29,34-36H,4-6,19-20,22H2,1-3H3/t26?,27?,29-,31-/m0/s1. The Hall–Kier alpha value is -3.26. The van der Waals surface area contributed by atoms with Gasteiger partial charge in [-0.05, 0) is 29.3 Å². The van der Waals surface area contributed by atoms with Crippen molar-refractivity contribution < 1.29 is 20.1 Å². The molecule has 8 nitrogen and oxygen atoms in total. The van der Waals surface area contributed by atoms with Gasteiger partial charge in [-0.3, -0.25) is 13.9 Å². The van der Waals surface area contributed by atoms with Gasteiger partial charge >= 0.3 is 5.69 Å². The Bertz CT molecular complexity index is 1460. The maximum atomic E-state index is 13.8. The van der Waals surface area contributed by atoms with Gasteiger partial charge in [0, 0.05) is 18.2 Å². The predicted molar refractivity (Wildman–Crippen MR) is 157 cm³/mol. The molecule has 1 aliphatic heterocycles. The normalized spacial score (nSPS) is 22.6. The Morgan fingerprint density at radius 3 is 2.05 bits per heavy atom. The molecule has 0 aliphatic carbocycles. The molecule has 2 unspecified atom stereocenters. The number of ether oxygens (including phenoxy) is 1. The van der Waals surface area contributed by atoms with E-state index in [4.69, 9.17) is 4.74 Å². The molecular formula is C31H38N2O6Si. The molecule has 1 aliphatic rings. The lowest BCUT2D eigenvalue weighted by molar-refractivity contribution is -0.0940. The van der Waals surface area contributed by atoms with E-state index in [9.17, 15) is 24.9 Å². The Kier molecular flexibility index (Phi) is 9.28. The van der Waals surface area contributed by atoms with Gasteiger partial charge in [0.2, 0.25) is 0 Å². The van der Waals surface area contributed by atoms with Crippen molar-refractivity contribution in [3.63, 3.8) is 0 Å². The molecular weight excluding hydrogens is 524 g/mol. The zero-order chi connectivity index (χ0) is 28.9. The summed E-state index contributed by atoms with van der Waals surface area (Å²) in [6.45, 7) is 5.63. The molecule has 4 rings (SSSR count). The summed E-state index contributed by atoms with van der Waals surface area (Å²) < 4.78 is 8.38. The molecule has 2 aromatic carbocycles. The van der Waals surface area contributed by atoms with Crippen molar-refractivity contribution in [1.82, 2.24) is 9.13 Å². The highest BCUT2D eigenvalue weighted by Crippen LogP contribution is 2.36. The van der Waals surface area contributed by atoms with Crippen molar-refractivity contribution in [1.29, 1.82) is 0 Å². The third-order valence-electron chi connectivity index (χ3n) is 8.19. The molecule has 0 spiro atoms. The molecule has 0 radical (unpaired) electrons. The second-order valence-electron chi connectivity index (χ2n) is 10.5. The largest absolute Gasteiger partial charge is 0.392 e. The molecule has 4 atom stereocenters. The van der Waals surface area contributed by atoms with Crippen molar-refractivity contribution >= 4 is 8.07 Å². The van der Waals surface area contributed by atoms with Crippen molar-refractivity contribution in [2.75, 3.05) is 6.61 Å². The average molecular weight is 563 g/mol. The number of aromatic nitrogens is 2. The summed E-state index contributed by atoms with van der Waals surface area (Å²) in [5.41, 5.74) is 2.40. The predicted octanol–water partition coefficient (Wildman–Crippen LogP) is 2.68. The maximum absolute atomic E-state index is 13.8. The van der Waals surface area contributed by atoms with Crippen LogP contribution in [0.1, 0.15) is 43.7 Å². The fourth-order valence-corrected chi connectivity index (χ4v) is 7.75. The van der Waals surface area contributed by atoms with Gasteiger partial charge in [-0.1, -0.05) is 87.4 Å². The zero-order valence-electron chi connectivity index (χ0n) is 23.3. The van der Waals surface area contributed by atoms with Gasteiger partial charge < -0.3 is 20.1 Å². The highest BCUT2D eigenvalue weighted by molar-refractivity contribution is 6.87. The fourth-order valence-electron chi connectivity index (χ4n) is 5.24. The Balaban J connectivity index is 1.83. The molecule has 1 aromatic heterocycles. The SMILES string of the molecule is CC[Si](C#C[C@@]1(CO)O[C@H](n2cc(Cc3ccccc3)c(=O)n(Cc3ccccc3)c2=O)C(O)C1O)(CC)CC. The molecule has 0 bridgehead atoms. The summed E-state index contributed by atoms with van der Waals surface area (Å²) in [6, 6.07) is 21.3. The van der Waals surface area contributed by atoms with Crippen molar-refractivity contribution in [2.45, 2.75) is 75.9 Å². The molecule has 1 fully saturated rings. The summed E-state index contributed by atoms with van der Waals surface area (Å²) in [7, 11) is -1.98. The number of rotatable bonds is 9. The van der Waals surface area contributed by atoms with E-state index in [0.717, 1.165) is 38.4 Å². The van der Waals surface area contributed by atoms with E-state index < -0.39 is 50.0 Å². The first-order chi connectivity index (χ1) is 19.2. The van der Waals surface area contributed by atoms with Gasteiger partial charge in [0.05, 0.1) is 13.2 Å². The van der Waals surface area contributed by atoms with Gasteiger partial charge in [0.25, 0.3) is 5.56 Å². The van der Waals surface area contributed by atoms with E-state index in [2.05, 4.69) is 32.2 Å². The number of aliphatic hydroxyl groups excluding tert-OH is 3. The Morgan fingerprint density at radius 2 is 1.50 bits per heavy atom. The first-order valence-corrected chi connectivity index (χ1v) is 16.5. The average Bonchev–Trinajstić information content (AvgIpc) is 3.24. The summed E-state index contributed by atoms with van der Waals surface area (Å²) in [4.78, 5) is 27.3. The van der Waals surface area contributed by atoms with E-state index in [1.807, 2.05) is 60.7 Å². The van der Waals surface area contributed by atoms with E-state index in [1.54, 1.807) is 0 Å². The van der Waals surface area contributed by atoms with Crippen LogP contribution < -0.4 is 11.2 Å². The van der Waals surface area contributed by atoms with Crippen molar-refractivity contribution in [3.8, 4) is 11.5 Å². The van der Waals surface area contributed by atoms with E-state index >= 15 is 0 Å². The molecule has 0 amide bonds. The number of nitrogens with zero attached hydrogens (tertiary/aromatic N) is 2. The Morgan fingerprint density at radius 1 is 0.925 bits per heavy atom. The van der Waals surface area contributed by atoms with E-state index in [-0.39, 0.29) is 13.0 Å². The summed E-state index contributed by atoms with van der Waals surface area (Å²) >= 11 is 0. The van der Waals surface area contributed by atoms with Crippen molar-refractivity contribution in [2.24, 2.45) is 0 Å². The fraction of sp³-hybridized carbons (Fsp3) is 0.419. The van der Waals surface area contributed by atoms with E-state index in [0.29, 0.717) is 5.56 Å². The molecule has 3 aromatic rings. The third kappa shape index (κ3) is 5.78. The van der Waals surface area contributed by atoms with Gasteiger partial charge in [0.15, 0.2) is 11.8 Å². The second-order valence-corrected chi connectivity index (χ2v) is 15.4. The minimum atomic E-state index is -1.98. The van der Waals surface area contributed by atoms with Crippen LogP contribution in [-0.4, -0.2) is 56.9 Å². The minimum absolute atomic E-state index is 0.0229. The summed E-state index contributed by atoms with van der Waals surface area (Å²) in [6.07, 6.45) is -2.84. The number of benzene rings is 2. The van der Waals surface area contributed by atoms with Gasteiger partial charge in [-0.15, -0.1) is 5.54 Å². The molecule has 2 heterocycles. The van der Waals surface area contributed by atoms with Crippen LogP contribution in [0.4, 0.5) is 0 Å². The lowest BCUT2D eigenvalue weighted by atomic mass is 9.97. The van der Waals surface area contributed by atoms with Gasteiger partial charge in [0.1, 0.15) is 20.3 Å². The molecule has 9 heteroatoms. The third-order valence-corrected chi connectivity index (χ3v) is 12.9. The molecule has 212 valence electrons. The highest BCUT2D eigenvalue weighted by atomic mass is 28.3. The lowest BCUT2D eigenvalue weighted by Gasteiger charge is -2.26. The number of hydrogen-bond donors (Lipinski definition) is 3. The Labute approximate surface area is 235 Å². The first kappa shape index (κ1) is 29.7. The first-order valence-electron chi connectivity index (χ1n) is 13.8. The quantitative estimate of drug-likeness (QED) is 0.273. The van der Waals surface area contributed by atoms with Crippen LogP contribution in [0.25, 0.3) is 0 Å². The molecule has 40 heavy (non-hydrogen) atoms. The molecule has 0 saturated carbocycles. The smallest absolute Gasteiger partial charge is 0.333 e.